The summed E-state index contributed by atoms with van der Waals surface area (Å²) >= 11 is 0. The molecule has 1 aromatic carbocycles. The lowest BCUT2D eigenvalue weighted by Gasteiger charge is -2.17. The van der Waals surface area contributed by atoms with Crippen LogP contribution >= 0.6 is 0 Å². The summed E-state index contributed by atoms with van der Waals surface area (Å²) in [5.41, 5.74) is 0.705. The summed E-state index contributed by atoms with van der Waals surface area (Å²) in [6.07, 6.45) is 1.57. The number of aliphatic carboxylic acids is 1. The number of nitrogens with zero attached hydrogens (tertiary/aromatic N) is 3. The Labute approximate surface area is 149 Å². The second kappa shape index (κ2) is 7.26. The summed E-state index contributed by atoms with van der Waals surface area (Å²) in [5, 5.41) is 15.3. The molecule has 9 nitrogen and oxygen atoms in total. The molecular formula is C17H18N4O5. The van der Waals surface area contributed by atoms with Crippen LogP contribution in [0.1, 0.15) is 6.42 Å². The van der Waals surface area contributed by atoms with Crippen LogP contribution in [-0.2, 0) is 20.9 Å². The van der Waals surface area contributed by atoms with E-state index in [0.717, 1.165) is 0 Å². The second-order valence-electron chi connectivity index (χ2n) is 5.88. The van der Waals surface area contributed by atoms with Crippen molar-refractivity contribution in [3.05, 3.63) is 36.5 Å². The fourth-order valence-electron chi connectivity index (χ4n) is 2.78. The standard InChI is InChI=1S/C17H18N4O5/c1-26-13-4-2-12(3-5-13)21-9-11(8-15(21)22)17(25)18-14-6-7-20(19-14)10-16(23)24/h2-7,11H,8-10H2,1H3,(H,23,24)(H,18,19,25). The van der Waals surface area contributed by atoms with Crippen molar-refractivity contribution in [3.63, 3.8) is 0 Å². The number of hydrogen-bond acceptors (Lipinski definition) is 5. The van der Waals surface area contributed by atoms with Crippen molar-refractivity contribution in [2.24, 2.45) is 5.92 Å². The summed E-state index contributed by atoms with van der Waals surface area (Å²) in [4.78, 5) is 36.9. The van der Waals surface area contributed by atoms with E-state index in [-0.39, 0.29) is 37.1 Å². The lowest BCUT2D eigenvalue weighted by Crippen LogP contribution is -2.28. The first kappa shape index (κ1) is 17.5. The Bertz CT molecular complexity index is 830. The molecule has 1 fully saturated rings. The van der Waals surface area contributed by atoms with Crippen molar-refractivity contribution in [2.75, 3.05) is 23.9 Å². The second-order valence-corrected chi connectivity index (χ2v) is 5.88. The molecule has 0 saturated carbocycles. The normalized spacial score (nSPS) is 16.6. The minimum atomic E-state index is -1.03. The Morgan fingerprint density at radius 3 is 2.69 bits per heavy atom. The van der Waals surface area contributed by atoms with E-state index < -0.39 is 11.9 Å². The van der Waals surface area contributed by atoms with Gasteiger partial charge in [-0.1, -0.05) is 0 Å². The molecule has 0 radical (unpaired) electrons. The van der Waals surface area contributed by atoms with Gasteiger partial charge in [-0.25, -0.2) is 0 Å². The maximum Gasteiger partial charge on any atom is 0.325 e. The van der Waals surface area contributed by atoms with Gasteiger partial charge in [0.05, 0.1) is 13.0 Å². The summed E-state index contributed by atoms with van der Waals surface area (Å²) in [5.74, 6) is -1.04. The molecule has 1 saturated heterocycles. The van der Waals surface area contributed by atoms with Crippen LogP contribution in [0, 0.1) is 5.92 Å². The molecule has 3 rings (SSSR count). The van der Waals surface area contributed by atoms with E-state index in [9.17, 15) is 14.4 Å². The zero-order valence-electron chi connectivity index (χ0n) is 14.1. The molecule has 0 aliphatic carbocycles. The van der Waals surface area contributed by atoms with Gasteiger partial charge in [0.25, 0.3) is 0 Å². The van der Waals surface area contributed by atoms with E-state index in [2.05, 4.69) is 10.4 Å². The molecule has 2 heterocycles. The van der Waals surface area contributed by atoms with Gasteiger partial charge in [-0.15, -0.1) is 0 Å². The van der Waals surface area contributed by atoms with Crippen LogP contribution in [0.3, 0.4) is 0 Å². The monoisotopic (exact) mass is 358 g/mol. The highest BCUT2D eigenvalue weighted by Crippen LogP contribution is 2.27. The van der Waals surface area contributed by atoms with Gasteiger partial charge >= 0.3 is 5.97 Å². The summed E-state index contributed by atoms with van der Waals surface area (Å²) in [6.45, 7) is -0.0180. The Morgan fingerprint density at radius 1 is 1.31 bits per heavy atom. The van der Waals surface area contributed by atoms with E-state index in [1.807, 2.05) is 0 Å². The number of rotatable bonds is 6. The van der Waals surface area contributed by atoms with Crippen molar-refractivity contribution in [1.82, 2.24) is 9.78 Å². The van der Waals surface area contributed by atoms with Crippen molar-refractivity contribution in [2.45, 2.75) is 13.0 Å². The summed E-state index contributed by atoms with van der Waals surface area (Å²) < 4.78 is 6.31. The number of aromatic nitrogens is 2. The highest BCUT2D eigenvalue weighted by molar-refractivity contribution is 6.03. The molecule has 1 aliphatic heterocycles. The Hall–Kier alpha value is -3.36. The number of carbonyl (C=O) groups is 3. The summed E-state index contributed by atoms with van der Waals surface area (Å²) in [7, 11) is 1.56. The molecule has 2 N–H and O–H groups in total. The first-order valence-corrected chi connectivity index (χ1v) is 7.97. The highest BCUT2D eigenvalue weighted by Gasteiger charge is 2.35. The summed E-state index contributed by atoms with van der Waals surface area (Å²) in [6, 6.07) is 8.56. The smallest absolute Gasteiger partial charge is 0.325 e. The van der Waals surface area contributed by atoms with Crippen LogP contribution in [0.15, 0.2) is 36.5 Å². The van der Waals surface area contributed by atoms with Gasteiger partial charge in [0.2, 0.25) is 11.8 Å². The molecule has 1 aliphatic rings. The molecule has 2 aromatic rings. The Balaban J connectivity index is 1.63. The number of carboxylic acid groups (broad SMARTS) is 1. The maximum atomic E-state index is 12.4. The third-order valence-corrected chi connectivity index (χ3v) is 4.07. The van der Waals surface area contributed by atoms with Gasteiger partial charge in [0, 0.05) is 30.9 Å². The average molecular weight is 358 g/mol. The minimum Gasteiger partial charge on any atom is -0.497 e. The molecule has 1 atom stereocenters. The number of methoxy groups -OCH3 is 1. The molecule has 1 aromatic heterocycles. The average Bonchev–Trinajstić information content (AvgIpc) is 3.21. The maximum absolute atomic E-state index is 12.4. The molecule has 0 bridgehead atoms. The number of carbonyl (C=O) groups excluding carboxylic acids is 2. The third kappa shape index (κ3) is 3.82. The van der Waals surface area contributed by atoms with Crippen LogP contribution in [0.2, 0.25) is 0 Å². The van der Waals surface area contributed by atoms with Crippen molar-refractivity contribution in [3.8, 4) is 5.75 Å². The van der Waals surface area contributed by atoms with Gasteiger partial charge in [0.1, 0.15) is 12.3 Å². The Morgan fingerprint density at radius 2 is 2.04 bits per heavy atom. The predicted octanol–water partition coefficient (Wildman–Crippen LogP) is 0.968. The van der Waals surface area contributed by atoms with Crippen molar-refractivity contribution < 1.29 is 24.2 Å². The molecule has 9 heteroatoms. The van der Waals surface area contributed by atoms with Gasteiger partial charge in [-0.3, -0.25) is 19.1 Å². The third-order valence-electron chi connectivity index (χ3n) is 4.07. The molecular weight excluding hydrogens is 340 g/mol. The van der Waals surface area contributed by atoms with E-state index in [1.165, 1.54) is 16.9 Å². The van der Waals surface area contributed by atoms with E-state index in [0.29, 0.717) is 11.4 Å². The number of ether oxygens (including phenoxy) is 1. The van der Waals surface area contributed by atoms with Crippen LogP contribution in [0.25, 0.3) is 0 Å². The van der Waals surface area contributed by atoms with Gasteiger partial charge < -0.3 is 20.1 Å². The SMILES string of the molecule is COc1ccc(N2CC(C(=O)Nc3ccn(CC(=O)O)n3)CC2=O)cc1. The van der Waals surface area contributed by atoms with Crippen molar-refractivity contribution >= 4 is 29.3 Å². The largest absolute Gasteiger partial charge is 0.497 e. The van der Waals surface area contributed by atoms with E-state index >= 15 is 0 Å². The number of hydrogen-bond donors (Lipinski definition) is 2. The van der Waals surface area contributed by atoms with E-state index in [4.69, 9.17) is 9.84 Å². The first-order chi connectivity index (χ1) is 12.5. The zero-order chi connectivity index (χ0) is 18.7. The Kier molecular flexibility index (Phi) is 4.87. The lowest BCUT2D eigenvalue weighted by molar-refractivity contribution is -0.137. The topological polar surface area (TPSA) is 114 Å². The quantitative estimate of drug-likeness (QED) is 0.795. The molecule has 2 amide bonds. The molecule has 26 heavy (non-hydrogen) atoms. The number of amides is 2. The number of nitrogens with one attached hydrogen (secondary N) is 1. The fraction of sp³-hybridized carbons (Fsp3) is 0.294. The van der Waals surface area contributed by atoms with Crippen LogP contribution < -0.4 is 15.0 Å². The molecule has 1 unspecified atom stereocenters. The predicted molar refractivity (Wildman–Crippen MR) is 91.9 cm³/mol. The van der Waals surface area contributed by atoms with Crippen LogP contribution in [-0.4, -0.2) is 46.3 Å². The molecule has 136 valence electrons. The zero-order valence-corrected chi connectivity index (χ0v) is 14.1. The highest BCUT2D eigenvalue weighted by atomic mass is 16.5. The first-order valence-electron chi connectivity index (χ1n) is 7.97. The number of anilines is 2. The van der Waals surface area contributed by atoms with Crippen molar-refractivity contribution in [1.29, 1.82) is 0 Å². The number of benzene rings is 1. The van der Waals surface area contributed by atoms with E-state index in [1.54, 1.807) is 36.3 Å². The minimum absolute atomic E-state index is 0.105. The molecule has 0 spiro atoms. The van der Waals surface area contributed by atoms with Gasteiger partial charge in [0.15, 0.2) is 5.82 Å². The van der Waals surface area contributed by atoms with Gasteiger partial charge in [-0.05, 0) is 24.3 Å². The fourth-order valence-corrected chi connectivity index (χ4v) is 2.78. The van der Waals surface area contributed by atoms with Gasteiger partial charge in [-0.2, -0.15) is 5.10 Å². The van der Waals surface area contributed by atoms with Crippen LogP contribution in [0.5, 0.6) is 5.75 Å². The van der Waals surface area contributed by atoms with Crippen LogP contribution in [0.4, 0.5) is 11.5 Å². The lowest BCUT2D eigenvalue weighted by atomic mass is 10.1. The number of carboxylic acids is 1.